The molecule has 2 aliphatic rings. The van der Waals surface area contributed by atoms with Crippen molar-refractivity contribution in [3.63, 3.8) is 0 Å². The fourth-order valence-electron chi connectivity index (χ4n) is 4.66. The summed E-state index contributed by atoms with van der Waals surface area (Å²) in [6, 6.07) is 4.08. The molecular formula is C24H32N10O. The molecule has 5 heterocycles. The molecule has 0 spiro atoms. The van der Waals surface area contributed by atoms with Crippen LogP contribution in [0.1, 0.15) is 24.8 Å². The Balaban J connectivity index is 1.46. The van der Waals surface area contributed by atoms with E-state index in [-0.39, 0.29) is 0 Å². The number of pyridine rings is 1. The van der Waals surface area contributed by atoms with Crippen LogP contribution in [0.5, 0.6) is 5.88 Å². The number of amidine groups is 1. The van der Waals surface area contributed by atoms with Gasteiger partial charge in [0.15, 0.2) is 5.82 Å². The van der Waals surface area contributed by atoms with Crippen LogP contribution in [0.3, 0.4) is 0 Å². The van der Waals surface area contributed by atoms with Gasteiger partial charge in [0.25, 0.3) is 0 Å². The molecule has 0 radical (unpaired) electrons. The molecular weight excluding hydrogens is 444 g/mol. The quantitative estimate of drug-likeness (QED) is 0.387. The second-order valence-corrected chi connectivity index (χ2v) is 9.22. The molecule has 0 amide bonds. The van der Waals surface area contributed by atoms with Gasteiger partial charge in [0.1, 0.15) is 23.0 Å². The minimum absolute atomic E-state index is 0.335. The lowest BCUT2D eigenvalue weighted by molar-refractivity contribution is 0.285. The molecule has 2 aliphatic heterocycles. The minimum Gasteiger partial charge on any atom is -0.477 e. The van der Waals surface area contributed by atoms with Crippen molar-refractivity contribution in [3.8, 4) is 17.3 Å². The third-order valence-corrected chi connectivity index (χ3v) is 6.31. The van der Waals surface area contributed by atoms with Gasteiger partial charge < -0.3 is 25.2 Å². The highest BCUT2D eigenvalue weighted by Crippen LogP contribution is 2.30. The molecule has 1 atom stereocenters. The minimum atomic E-state index is 0.335. The number of anilines is 3. The van der Waals surface area contributed by atoms with Gasteiger partial charge in [-0.15, -0.1) is 0 Å². The van der Waals surface area contributed by atoms with Crippen molar-refractivity contribution in [2.24, 2.45) is 7.05 Å². The van der Waals surface area contributed by atoms with E-state index in [1.54, 1.807) is 29.3 Å². The van der Waals surface area contributed by atoms with Crippen molar-refractivity contribution < 1.29 is 4.74 Å². The number of aromatic nitrogens is 5. The largest absolute Gasteiger partial charge is 0.477 e. The lowest BCUT2D eigenvalue weighted by Gasteiger charge is -2.30. The van der Waals surface area contributed by atoms with Crippen LogP contribution in [-0.2, 0) is 7.05 Å². The molecule has 35 heavy (non-hydrogen) atoms. The summed E-state index contributed by atoms with van der Waals surface area (Å²) >= 11 is 0. The fraction of sp³-hybridized carbons (Fsp3) is 0.458. The van der Waals surface area contributed by atoms with Crippen molar-refractivity contribution >= 4 is 23.2 Å². The number of hydrogen-bond acceptors (Lipinski definition) is 9. The number of likely N-dealkylation sites (tertiary alicyclic amines) is 1. The van der Waals surface area contributed by atoms with Crippen molar-refractivity contribution in [2.75, 3.05) is 51.0 Å². The molecule has 0 aliphatic carbocycles. The third-order valence-electron chi connectivity index (χ3n) is 6.31. The maximum absolute atomic E-state index is 9.03. The van der Waals surface area contributed by atoms with E-state index in [4.69, 9.17) is 10.1 Å². The topological polar surface area (TPSA) is 120 Å². The molecule has 3 aromatic rings. The predicted octanol–water partition coefficient (Wildman–Crippen LogP) is 2.56. The van der Waals surface area contributed by atoms with E-state index in [9.17, 15) is 0 Å². The van der Waals surface area contributed by atoms with Gasteiger partial charge in [0.05, 0.1) is 24.1 Å². The van der Waals surface area contributed by atoms with Crippen LogP contribution in [0.15, 0.2) is 30.7 Å². The van der Waals surface area contributed by atoms with Crippen LogP contribution in [0.4, 0.5) is 17.3 Å². The zero-order chi connectivity index (χ0) is 24.4. The highest BCUT2D eigenvalue weighted by molar-refractivity contribution is 6.02. The summed E-state index contributed by atoms with van der Waals surface area (Å²) in [5.41, 5.74) is 2.42. The Morgan fingerprint density at radius 2 is 2.11 bits per heavy atom. The Morgan fingerprint density at radius 3 is 2.97 bits per heavy atom. The van der Waals surface area contributed by atoms with Gasteiger partial charge in [0, 0.05) is 51.2 Å². The van der Waals surface area contributed by atoms with Crippen molar-refractivity contribution in [3.05, 3.63) is 36.3 Å². The SMILES string of the molecule is CN(C)CC1CCCN1C(=N)c1cnc2cc1NCCCOc1c(cnn1C)-c1nccc(n1)N2. The van der Waals surface area contributed by atoms with Gasteiger partial charge in [0.2, 0.25) is 5.88 Å². The maximum atomic E-state index is 9.03. The Kier molecular flexibility index (Phi) is 6.49. The summed E-state index contributed by atoms with van der Waals surface area (Å²) in [4.78, 5) is 18.1. The van der Waals surface area contributed by atoms with Crippen LogP contribution in [0.2, 0.25) is 0 Å². The van der Waals surface area contributed by atoms with Gasteiger partial charge in [-0.25, -0.2) is 19.6 Å². The molecule has 1 fully saturated rings. The summed E-state index contributed by atoms with van der Waals surface area (Å²) in [6.07, 6.45) is 8.17. The van der Waals surface area contributed by atoms with Crippen LogP contribution >= 0.6 is 0 Å². The zero-order valence-corrected chi connectivity index (χ0v) is 20.5. The molecule has 11 nitrogen and oxygen atoms in total. The first kappa shape index (κ1) is 23.0. The molecule has 4 bridgehead atoms. The Morgan fingerprint density at radius 1 is 1.23 bits per heavy atom. The number of likely N-dealkylation sites (N-methyl/N-ethyl adjacent to an activating group) is 1. The van der Waals surface area contributed by atoms with E-state index < -0.39 is 0 Å². The summed E-state index contributed by atoms with van der Waals surface area (Å²) in [5.74, 6) is 2.96. The molecule has 3 N–H and O–H groups in total. The van der Waals surface area contributed by atoms with Gasteiger partial charge in [-0.05, 0) is 39.4 Å². The third kappa shape index (κ3) is 4.90. The van der Waals surface area contributed by atoms with Gasteiger partial charge in [-0.2, -0.15) is 5.10 Å². The number of aryl methyl sites for hydroxylation is 1. The summed E-state index contributed by atoms with van der Waals surface area (Å²) < 4.78 is 7.75. The first-order chi connectivity index (χ1) is 17.0. The van der Waals surface area contributed by atoms with Crippen LogP contribution in [0.25, 0.3) is 11.4 Å². The van der Waals surface area contributed by atoms with Crippen molar-refractivity contribution in [2.45, 2.75) is 25.3 Å². The number of ether oxygens (including phenoxy) is 1. The lowest BCUT2D eigenvalue weighted by atomic mass is 10.1. The molecule has 5 rings (SSSR count). The summed E-state index contributed by atoms with van der Waals surface area (Å²) in [6.45, 7) is 3.03. The number of nitrogens with zero attached hydrogens (tertiary/aromatic N) is 7. The normalized spacial score (nSPS) is 17.7. The number of fused-ring (bicyclic) bond motifs is 6. The second kappa shape index (κ2) is 9.87. The van der Waals surface area contributed by atoms with Crippen LogP contribution in [0, 0.1) is 5.41 Å². The highest BCUT2D eigenvalue weighted by Gasteiger charge is 2.29. The number of nitrogens with one attached hydrogen (secondary N) is 3. The first-order valence-electron chi connectivity index (χ1n) is 12.0. The average Bonchev–Trinajstić information content (AvgIpc) is 3.44. The van der Waals surface area contributed by atoms with E-state index >= 15 is 0 Å². The highest BCUT2D eigenvalue weighted by atomic mass is 16.5. The van der Waals surface area contributed by atoms with E-state index in [1.165, 1.54) is 0 Å². The van der Waals surface area contributed by atoms with Crippen molar-refractivity contribution in [1.82, 2.24) is 34.5 Å². The molecule has 11 heteroatoms. The Bertz CT molecular complexity index is 1210. The van der Waals surface area contributed by atoms with E-state index in [0.29, 0.717) is 48.4 Å². The molecule has 0 aromatic carbocycles. The maximum Gasteiger partial charge on any atom is 0.222 e. The predicted molar refractivity (Wildman–Crippen MR) is 135 cm³/mol. The average molecular weight is 477 g/mol. The van der Waals surface area contributed by atoms with Crippen LogP contribution < -0.4 is 15.4 Å². The van der Waals surface area contributed by atoms with E-state index in [1.807, 2.05) is 13.1 Å². The first-order valence-corrected chi connectivity index (χ1v) is 12.0. The monoisotopic (exact) mass is 476 g/mol. The Hall–Kier alpha value is -3.73. The fourth-order valence-corrected chi connectivity index (χ4v) is 4.66. The standard InChI is InChI=1S/C24H32N10O/c1-32(2)15-16-6-4-10-34(16)22(25)17-13-28-21-12-19(17)26-8-5-11-35-24-18(14-29-33(24)3)23-27-9-7-20(30-21)31-23/h7,9,12-14,16,25-26H,4-6,8,10-11,15H2,1-3H3,(H,27,28,30,31). The second-order valence-electron chi connectivity index (χ2n) is 9.22. The van der Waals surface area contributed by atoms with E-state index in [2.05, 4.69) is 54.6 Å². The van der Waals surface area contributed by atoms with Crippen LogP contribution in [-0.4, -0.2) is 86.7 Å². The smallest absolute Gasteiger partial charge is 0.222 e. The van der Waals surface area contributed by atoms with E-state index in [0.717, 1.165) is 49.2 Å². The van der Waals surface area contributed by atoms with Gasteiger partial charge >= 0.3 is 0 Å². The number of rotatable bonds is 3. The summed E-state index contributed by atoms with van der Waals surface area (Å²) in [5, 5.41) is 20.2. The zero-order valence-electron chi connectivity index (χ0n) is 20.5. The van der Waals surface area contributed by atoms with Gasteiger partial charge in [-0.1, -0.05) is 0 Å². The molecule has 3 aromatic heterocycles. The van der Waals surface area contributed by atoms with Gasteiger partial charge in [-0.3, -0.25) is 5.41 Å². The van der Waals surface area contributed by atoms with Crippen molar-refractivity contribution in [1.29, 1.82) is 5.41 Å². The molecule has 1 unspecified atom stereocenters. The number of hydrogen-bond donors (Lipinski definition) is 3. The molecule has 1 saturated heterocycles. The molecule has 0 saturated carbocycles. The summed E-state index contributed by atoms with van der Waals surface area (Å²) in [7, 11) is 6.01. The Labute approximate surface area is 205 Å². The molecule has 184 valence electrons. The lowest BCUT2D eigenvalue weighted by Crippen LogP contribution is -2.41.